The quantitative estimate of drug-likeness (QED) is 0.589. The van der Waals surface area contributed by atoms with Gasteiger partial charge in [-0.3, -0.25) is 4.90 Å². The van der Waals surface area contributed by atoms with E-state index in [2.05, 4.69) is 16.8 Å². The van der Waals surface area contributed by atoms with Crippen LogP contribution in [0.3, 0.4) is 0 Å². The van der Waals surface area contributed by atoms with Gasteiger partial charge >= 0.3 is 0 Å². The van der Waals surface area contributed by atoms with Gasteiger partial charge in [0.1, 0.15) is 5.82 Å². The lowest BCUT2D eigenvalue weighted by Crippen LogP contribution is -2.38. The SMILES string of the molecule is C=CC[C@@H](NCCCN1CCOCC1)c1ccccc1F. The van der Waals surface area contributed by atoms with E-state index in [0.29, 0.717) is 0 Å². The van der Waals surface area contributed by atoms with Gasteiger partial charge in [0.25, 0.3) is 0 Å². The second-order valence-electron chi connectivity index (χ2n) is 5.36. The maximum absolute atomic E-state index is 13.9. The van der Waals surface area contributed by atoms with Crippen LogP contribution in [0, 0.1) is 5.82 Å². The number of morpholine rings is 1. The van der Waals surface area contributed by atoms with E-state index < -0.39 is 0 Å². The van der Waals surface area contributed by atoms with Gasteiger partial charge in [-0.2, -0.15) is 0 Å². The maximum Gasteiger partial charge on any atom is 0.127 e. The number of ether oxygens (including phenoxy) is 1. The molecule has 1 atom stereocenters. The van der Waals surface area contributed by atoms with Gasteiger partial charge in [0.15, 0.2) is 0 Å². The number of nitrogens with one attached hydrogen (secondary N) is 1. The average molecular weight is 292 g/mol. The standard InChI is InChI=1S/C17H25FN2O/c1-2-6-17(15-7-3-4-8-16(15)18)19-9-5-10-20-11-13-21-14-12-20/h2-4,7-8,17,19H,1,5-6,9-14H2/t17-/m1/s1. The molecule has 2 rings (SSSR count). The molecule has 0 saturated carbocycles. The second-order valence-corrected chi connectivity index (χ2v) is 5.36. The van der Waals surface area contributed by atoms with Crippen molar-refractivity contribution in [2.45, 2.75) is 18.9 Å². The summed E-state index contributed by atoms with van der Waals surface area (Å²) in [7, 11) is 0. The van der Waals surface area contributed by atoms with Crippen molar-refractivity contribution in [2.24, 2.45) is 0 Å². The molecule has 4 heteroatoms. The van der Waals surface area contributed by atoms with Crippen LogP contribution >= 0.6 is 0 Å². The molecule has 0 amide bonds. The third kappa shape index (κ3) is 5.23. The summed E-state index contributed by atoms with van der Waals surface area (Å²) in [6, 6.07) is 6.97. The van der Waals surface area contributed by atoms with Gasteiger partial charge in [-0.1, -0.05) is 24.3 Å². The normalized spacial score (nSPS) is 17.6. The van der Waals surface area contributed by atoms with Crippen molar-refractivity contribution in [3.05, 3.63) is 48.3 Å². The van der Waals surface area contributed by atoms with Crippen LogP contribution in [0.5, 0.6) is 0 Å². The van der Waals surface area contributed by atoms with Crippen LogP contribution < -0.4 is 5.32 Å². The van der Waals surface area contributed by atoms with Gasteiger partial charge in [-0.25, -0.2) is 4.39 Å². The Labute approximate surface area is 126 Å². The first-order chi connectivity index (χ1) is 10.3. The summed E-state index contributed by atoms with van der Waals surface area (Å²) in [5, 5.41) is 3.45. The molecule has 21 heavy (non-hydrogen) atoms. The van der Waals surface area contributed by atoms with Crippen molar-refractivity contribution >= 4 is 0 Å². The largest absolute Gasteiger partial charge is 0.379 e. The molecule has 0 unspecified atom stereocenters. The van der Waals surface area contributed by atoms with Crippen molar-refractivity contribution in [2.75, 3.05) is 39.4 Å². The molecule has 1 saturated heterocycles. The Morgan fingerprint density at radius 3 is 2.81 bits per heavy atom. The van der Waals surface area contributed by atoms with Crippen molar-refractivity contribution in [1.82, 2.24) is 10.2 Å². The number of hydrogen-bond donors (Lipinski definition) is 1. The Morgan fingerprint density at radius 1 is 1.33 bits per heavy atom. The van der Waals surface area contributed by atoms with E-state index in [1.807, 2.05) is 18.2 Å². The zero-order chi connectivity index (χ0) is 14.9. The van der Waals surface area contributed by atoms with Crippen LogP contribution in [0.2, 0.25) is 0 Å². The van der Waals surface area contributed by atoms with Crippen LogP contribution in [-0.2, 0) is 4.74 Å². The highest BCUT2D eigenvalue weighted by molar-refractivity contribution is 5.21. The molecule has 1 aliphatic rings. The third-order valence-electron chi connectivity index (χ3n) is 3.83. The summed E-state index contributed by atoms with van der Waals surface area (Å²) in [5.41, 5.74) is 0.726. The lowest BCUT2D eigenvalue weighted by molar-refractivity contribution is 0.0374. The summed E-state index contributed by atoms with van der Waals surface area (Å²) in [4.78, 5) is 2.41. The first-order valence-electron chi connectivity index (χ1n) is 7.70. The fourth-order valence-corrected chi connectivity index (χ4v) is 2.65. The van der Waals surface area contributed by atoms with Crippen LogP contribution in [-0.4, -0.2) is 44.3 Å². The predicted molar refractivity (Wildman–Crippen MR) is 83.8 cm³/mol. The van der Waals surface area contributed by atoms with E-state index in [1.165, 1.54) is 6.07 Å². The van der Waals surface area contributed by atoms with E-state index in [0.717, 1.165) is 57.8 Å². The predicted octanol–water partition coefficient (Wildman–Crippen LogP) is 2.75. The van der Waals surface area contributed by atoms with Crippen LogP contribution in [0.1, 0.15) is 24.4 Å². The zero-order valence-electron chi connectivity index (χ0n) is 12.6. The van der Waals surface area contributed by atoms with Gasteiger partial charge in [-0.15, -0.1) is 6.58 Å². The molecule has 1 N–H and O–H groups in total. The summed E-state index contributed by atoms with van der Waals surface area (Å²) in [6.07, 6.45) is 3.63. The molecule has 0 aliphatic carbocycles. The molecule has 1 aromatic carbocycles. The number of hydrogen-bond acceptors (Lipinski definition) is 3. The number of rotatable bonds is 8. The molecule has 1 heterocycles. The summed E-state index contributed by atoms with van der Waals surface area (Å²) >= 11 is 0. The highest BCUT2D eigenvalue weighted by Crippen LogP contribution is 2.20. The monoisotopic (exact) mass is 292 g/mol. The Bertz CT molecular complexity index is 433. The van der Waals surface area contributed by atoms with Crippen molar-refractivity contribution in [3.8, 4) is 0 Å². The van der Waals surface area contributed by atoms with E-state index >= 15 is 0 Å². The topological polar surface area (TPSA) is 24.5 Å². The van der Waals surface area contributed by atoms with Crippen molar-refractivity contribution in [1.29, 1.82) is 0 Å². The highest BCUT2D eigenvalue weighted by atomic mass is 19.1. The Hall–Kier alpha value is -1.23. The van der Waals surface area contributed by atoms with Gasteiger partial charge in [0.05, 0.1) is 13.2 Å². The van der Waals surface area contributed by atoms with Crippen molar-refractivity contribution < 1.29 is 9.13 Å². The molecule has 0 radical (unpaired) electrons. The minimum atomic E-state index is -0.148. The average Bonchev–Trinajstić information content (AvgIpc) is 2.52. The maximum atomic E-state index is 13.9. The summed E-state index contributed by atoms with van der Waals surface area (Å²) in [6.45, 7) is 9.42. The molecular formula is C17H25FN2O. The number of benzene rings is 1. The minimum Gasteiger partial charge on any atom is -0.379 e. The summed E-state index contributed by atoms with van der Waals surface area (Å²) < 4.78 is 19.2. The molecular weight excluding hydrogens is 267 g/mol. The third-order valence-corrected chi connectivity index (χ3v) is 3.83. The smallest absolute Gasteiger partial charge is 0.127 e. The second kappa shape index (κ2) is 8.93. The first kappa shape index (κ1) is 16.1. The molecule has 0 aromatic heterocycles. The zero-order valence-corrected chi connectivity index (χ0v) is 12.6. The van der Waals surface area contributed by atoms with Crippen molar-refractivity contribution in [3.63, 3.8) is 0 Å². The molecule has 1 aliphatic heterocycles. The van der Waals surface area contributed by atoms with Gasteiger partial charge in [0, 0.05) is 24.7 Å². The van der Waals surface area contributed by atoms with E-state index in [9.17, 15) is 4.39 Å². The highest BCUT2D eigenvalue weighted by Gasteiger charge is 2.14. The Morgan fingerprint density at radius 2 is 2.10 bits per heavy atom. The fourth-order valence-electron chi connectivity index (χ4n) is 2.65. The number of halogens is 1. The lowest BCUT2D eigenvalue weighted by atomic mass is 10.0. The van der Waals surface area contributed by atoms with Crippen LogP contribution in [0.15, 0.2) is 36.9 Å². The van der Waals surface area contributed by atoms with Crippen LogP contribution in [0.25, 0.3) is 0 Å². The number of nitrogens with zero attached hydrogens (tertiary/aromatic N) is 1. The van der Waals surface area contributed by atoms with E-state index in [4.69, 9.17) is 4.74 Å². The van der Waals surface area contributed by atoms with E-state index in [1.54, 1.807) is 6.07 Å². The van der Waals surface area contributed by atoms with Gasteiger partial charge in [0.2, 0.25) is 0 Å². The lowest BCUT2D eigenvalue weighted by Gasteiger charge is -2.27. The van der Waals surface area contributed by atoms with Gasteiger partial charge in [-0.05, 0) is 32.0 Å². The minimum absolute atomic E-state index is 0.00777. The fraction of sp³-hybridized carbons (Fsp3) is 0.529. The van der Waals surface area contributed by atoms with E-state index in [-0.39, 0.29) is 11.9 Å². The molecule has 1 fully saturated rings. The molecule has 0 bridgehead atoms. The molecule has 116 valence electrons. The molecule has 0 spiro atoms. The Balaban J connectivity index is 1.77. The molecule has 1 aromatic rings. The molecule has 3 nitrogen and oxygen atoms in total. The van der Waals surface area contributed by atoms with Gasteiger partial charge < -0.3 is 10.1 Å². The first-order valence-corrected chi connectivity index (χ1v) is 7.70. The summed E-state index contributed by atoms with van der Waals surface area (Å²) in [5.74, 6) is -0.148. The Kier molecular flexibility index (Phi) is 6.86. The van der Waals surface area contributed by atoms with Crippen LogP contribution in [0.4, 0.5) is 4.39 Å².